The maximum absolute atomic E-state index is 13.0. The number of aliphatic hydroxyl groups excluding tert-OH is 1. The van der Waals surface area contributed by atoms with E-state index in [0.717, 1.165) is 31.7 Å². The largest absolute Gasteiger partial charge is 0.493 e. The van der Waals surface area contributed by atoms with E-state index in [9.17, 15) is 13.2 Å². The number of hydrogen-bond donors (Lipinski definition) is 1. The molecule has 1 aromatic carbocycles. The average molecular weight is 304 g/mol. The third kappa shape index (κ3) is 5.58. The topological polar surface area (TPSA) is 29.5 Å². The van der Waals surface area contributed by atoms with Crippen LogP contribution in [0.15, 0.2) is 18.2 Å². The minimum atomic E-state index is -4.48. The van der Waals surface area contributed by atoms with Crippen LogP contribution in [0, 0.1) is 5.92 Å². The Morgan fingerprint density at radius 2 is 1.95 bits per heavy atom. The first-order valence-electron chi connectivity index (χ1n) is 7.36. The van der Waals surface area contributed by atoms with E-state index < -0.39 is 18.3 Å². The van der Waals surface area contributed by atoms with Gasteiger partial charge in [-0.3, -0.25) is 0 Å². The fraction of sp³-hybridized carbons (Fsp3) is 0.625. The normalized spacial score (nSPS) is 13.2. The second-order valence-corrected chi connectivity index (χ2v) is 5.21. The van der Waals surface area contributed by atoms with Crippen molar-refractivity contribution in [3.63, 3.8) is 0 Å². The van der Waals surface area contributed by atoms with Crippen molar-refractivity contribution < 1.29 is 23.0 Å². The molecule has 0 heterocycles. The quantitative estimate of drug-likeness (QED) is 0.748. The van der Waals surface area contributed by atoms with Gasteiger partial charge in [0.1, 0.15) is 5.75 Å². The molecule has 5 heteroatoms. The van der Waals surface area contributed by atoms with Gasteiger partial charge in [0.15, 0.2) is 0 Å². The number of benzene rings is 1. The van der Waals surface area contributed by atoms with E-state index in [-0.39, 0.29) is 23.8 Å². The molecular formula is C16H23F3O2. The summed E-state index contributed by atoms with van der Waals surface area (Å²) < 4.78 is 44.4. The summed E-state index contributed by atoms with van der Waals surface area (Å²) in [6.07, 6.45) is -0.516. The van der Waals surface area contributed by atoms with Gasteiger partial charge in [0.05, 0.1) is 18.8 Å². The second kappa shape index (κ2) is 8.27. The Hall–Kier alpha value is -1.23. The fourth-order valence-electron chi connectivity index (χ4n) is 2.13. The van der Waals surface area contributed by atoms with E-state index in [0.29, 0.717) is 0 Å². The van der Waals surface area contributed by atoms with Crippen molar-refractivity contribution in [2.75, 3.05) is 6.61 Å². The van der Waals surface area contributed by atoms with Gasteiger partial charge in [0.2, 0.25) is 0 Å². The molecule has 0 spiro atoms. The van der Waals surface area contributed by atoms with Crippen molar-refractivity contribution in [1.82, 2.24) is 0 Å². The molecule has 1 aromatic rings. The van der Waals surface area contributed by atoms with Crippen LogP contribution in [-0.4, -0.2) is 11.7 Å². The van der Waals surface area contributed by atoms with Crippen molar-refractivity contribution in [1.29, 1.82) is 0 Å². The lowest BCUT2D eigenvalue weighted by Crippen LogP contribution is -2.15. The van der Waals surface area contributed by atoms with E-state index in [2.05, 4.69) is 6.92 Å². The van der Waals surface area contributed by atoms with Crippen LogP contribution >= 0.6 is 0 Å². The van der Waals surface area contributed by atoms with Crippen LogP contribution in [0.4, 0.5) is 13.2 Å². The molecule has 0 aliphatic rings. The number of alkyl halides is 3. The molecule has 1 N–H and O–H groups in total. The summed E-state index contributed by atoms with van der Waals surface area (Å²) in [5.74, 6) is 0.109. The molecule has 1 unspecified atom stereocenters. The van der Waals surface area contributed by atoms with Gasteiger partial charge in [-0.25, -0.2) is 0 Å². The van der Waals surface area contributed by atoms with Gasteiger partial charge in [0, 0.05) is 0 Å². The summed E-state index contributed by atoms with van der Waals surface area (Å²) in [5.41, 5.74) is -0.591. The molecule has 0 aliphatic carbocycles. The van der Waals surface area contributed by atoms with Crippen molar-refractivity contribution in [2.45, 2.75) is 52.3 Å². The van der Waals surface area contributed by atoms with Gasteiger partial charge in [-0.1, -0.05) is 39.2 Å². The molecular weight excluding hydrogens is 281 g/mol. The van der Waals surface area contributed by atoms with Gasteiger partial charge in [-0.2, -0.15) is 13.2 Å². The Morgan fingerprint density at radius 1 is 1.24 bits per heavy atom. The summed E-state index contributed by atoms with van der Waals surface area (Å²) >= 11 is 0. The standard InChI is InChI=1S/C16H23F3O2/c1-3-5-6-12(4-2)11-21-15-8-7-13(10-20)9-14(15)16(17,18)19/h7-9,12,20H,3-6,10-11H2,1-2H3. The third-order valence-corrected chi connectivity index (χ3v) is 3.55. The number of halogens is 3. The minimum Gasteiger partial charge on any atom is -0.493 e. The molecule has 0 bridgehead atoms. The first-order chi connectivity index (χ1) is 9.92. The molecule has 2 nitrogen and oxygen atoms in total. The third-order valence-electron chi connectivity index (χ3n) is 3.55. The Bertz CT molecular complexity index is 430. The Morgan fingerprint density at radius 3 is 2.48 bits per heavy atom. The highest BCUT2D eigenvalue weighted by molar-refractivity contribution is 5.39. The molecule has 0 saturated carbocycles. The summed E-state index contributed by atoms with van der Waals surface area (Å²) in [7, 11) is 0. The predicted octanol–water partition coefficient (Wildman–Crippen LogP) is 4.79. The van der Waals surface area contributed by atoms with Gasteiger partial charge in [0.25, 0.3) is 0 Å². The van der Waals surface area contributed by atoms with Crippen molar-refractivity contribution in [3.8, 4) is 5.75 Å². The van der Waals surface area contributed by atoms with Crippen LogP contribution in [0.1, 0.15) is 50.7 Å². The SMILES string of the molecule is CCCCC(CC)COc1ccc(CO)cc1C(F)(F)F. The molecule has 0 aliphatic heterocycles. The molecule has 120 valence electrons. The molecule has 21 heavy (non-hydrogen) atoms. The maximum Gasteiger partial charge on any atom is 0.419 e. The molecule has 1 rings (SSSR count). The molecule has 0 aromatic heterocycles. The summed E-state index contributed by atoms with van der Waals surface area (Å²) in [4.78, 5) is 0. The van der Waals surface area contributed by atoms with Crippen LogP contribution < -0.4 is 4.74 Å². The first kappa shape index (κ1) is 17.8. The minimum absolute atomic E-state index is 0.158. The van der Waals surface area contributed by atoms with Gasteiger partial charge < -0.3 is 9.84 Å². The lowest BCUT2D eigenvalue weighted by atomic mass is 10.0. The number of rotatable bonds is 8. The van der Waals surface area contributed by atoms with Crippen molar-refractivity contribution in [3.05, 3.63) is 29.3 Å². The zero-order chi connectivity index (χ0) is 15.9. The molecule has 0 radical (unpaired) electrons. The lowest BCUT2D eigenvalue weighted by Gasteiger charge is -2.19. The number of hydrogen-bond acceptors (Lipinski definition) is 2. The highest BCUT2D eigenvalue weighted by atomic mass is 19.4. The zero-order valence-electron chi connectivity index (χ0n) is 12.5. The van der Waals surface area contributed by atoms with Crippen LogP contribution in [0.2, 0.25) is 0 Å². The van der Waals surface area contributed by atoms with E-state index in [1.54, 1.807) is 0 Å². The monoisotopic (exact) mass is 304 g/mol. The summed E-state index contributed by atoms with van der Waals surface area (Å²) in [5, 5.41) is 8.96. The van der Waals surface area contributed by atoms with Gasteiger partial charge in [-0.05, 0) is 30.0 Å². The lowest BCUT2D eigenvalue weighted by molar-refractivity contribution is -0.139. The molecule has 0 saturated heterocycles. The summed E-state index contributed by atoms with van der Waals surface area (Å²) in [6, 6.07) is 3.70. The van der Waals surface area contributed by atoms with Gasteiger partial charge in [-0.15, -0.1) is 0 Å². The first-order valence-corrected chi connectivity index (χ1v) is 7.36. The highest BCUT2D eigenvalue weighted by Crippen LogP contribution is 2.37. The predicted molar refractivity (Wildman–Crippen MR) is 76.2 cm³/mol. The van der Waals surface area contributed by atoms with Gasteiger partial charge >= 0.3 is 6.18 Å². The zero-order valence-corrected chi connectivity index (χ0v) is 12.5. The number of unbranched alkanes of at least 4 members (excludes halogenated alkanes) is 1. The number of ether oxygens (including phenoxy) is 1. The van der Waals surface area contributed by atoms with Crippen molar-refractivity contribution in [2.24, 2.45) is 5.92 Å². The highest BCUT2D eigenvalue weighted by Gasteiger charge is 2.34. The van der Waals surface area contributed by atoms with Crippen molar-refractivity contribution >= 4 is 0 Å². The van der Waals surface area contributed by atoms with E-state index in [1.165, 1.54) is 12.1 Å². The van der Waals surface area contributed by atoms with E-state index in [4.69, 9.17) is 9.84 Å². The number of aliphatic hydroxyl groups is 1. The Balaban J connectivity index is 2.82. The fourth-order valence-corrected chi connectivity index (χ4v) is 2.13. The van der Waals surface area contributed by atoms with Crippen LogP contribution in [-0.2, 0) is 12.8 Å². The molecule has 1 atom stereocenters. The Labute approximate surface area is 123 Å². The second-order valence-electron chi connectivity index (χ2n) is 5.21. The van der Waals surface area contributed by atoms with Crippen LogP contribution in [0.5, 0.6) is 5.75 Å². The maximum atomic E-state index is 13.0. The summed E-state index contributed by atoms with van der Waals surface area (Å²) in [6.45, 7) is 3.97. The molecule has 0 amide bonds. The van der Waals surface area contributed by atoms with E-state index >= 15 is 0 Å². The van der Waals surface area contributed by atoms with Crippen LogP contribution in [0.25, 0.3) is 0 Å². The van der Waals surface area contributed by atoms with E-state index in [1.807, 2.05) is 6.92 Å². The van der Waals surface area contributed by atoms with Crippen LogP contribution in [0.3, 0.4) is 0 Å². The smallest absolute Gasteiger partial charge is 0.419 e. The molecule has 0 fully saturated rings. The average Bonchev–Trinajstić information content (AvgIpc) is 2.46. The Kier molecular flexibility index (Phi) is 7.02.